The highest BCUT2D eigenvalue weighted by molar-refractivity contribution is 6.04. The molecular weight excluding hydrogens is 164 g/mol. The van der Waals surface area contributed by atoms with Crippen LogP contribution < -0.4 is 10.6 Å². The van der Waals surface area contributed by atoms with Gasteiger partial charge in [-0.15, -0.1) is 0 Å². The summed E-state index contributed by atoms with van der Waals surface area (Å²) in [5, 5.41) is 0. The van der Waals surface area contributed by atoms with Crippen LogP contribution in [-0.2, 0) is 4.79 Å². The first-order valence-corrected chi connectivity index (χ1v) is 4.25. The first-order valence-electron chi connectivity index (χ1n) is 4.25. The lowest BCUT2D eigenvalue weighted by molar-refractivity contribution is -0.118. The summed E-state index contributed by atoms with van der Waals surface area (Å²) in [7, 11) is 1.76. The van der Waals surface area contributed by atoms with Crippen molar-refractivity contribution in [2.24, 2.45) is 5.73 Å². The molecule has 68 valence electrons. The lowest BCUT2D eigenvalue weighted by atomic mass is 10.1. The summed E-state index contributed by atoms with van der Waals surface area (Å²) in [6, 6.07) is 5.36. The number of likely N-dealkylation sites (N-methyl/N-ethyl adjacent to an activating group) is 1. The minimum atomic E-state index is -0.472. The molecule has 1 aliphatic heterocycles. The summed E-state index contributed by atoms with van der Waals surface area (Å²) in [5.41, 5.74) is 8.77. The maximum absolute atomic E-state index is 11.5. The van der Waals surface area contributed by atoms with E-state index in [1.54, 1.807) is 11.9 Å². The fourth-order valence-electron chi connectivity index (χ4n) is 1.84. The lowest BCUT2D eigenvalue weighted by Gasteiger charge is -2.11. The van der Waals surface area contributed by atoms with Gasteiger partial charge in [-0.05, 0) is 12.5 Å². The van der Waals surface area contributed by atoms with Gasteiger partial charge >= 0.3 is 0 Å². The molecule has 0 aromatic heterocycles. The number of hydrogen-bond acceptors (Lipinski definition) is 2. The average molecular weight is 176 g/mol. The number of hydrogen-bond donors (Lipinski definition) is 1. The van der Waals surface area contributed by atoms with Crippen LogP contribution >= 0.6 is 0 Å². The molecule has 1 atom stereocenters. The zero-order valence-corrected chi connectivity index (χ0v) is 7.74. The van der Waals surface area contributed by atoms with E-state index in [4.69, 9.17) is 5.73 Å². The quantitative estimate of drug-likeness (QED) is 0.640. The Morgan fingerprint density at radius 3 is 2.77 bits per heavy atom. The fourth-order valence-corrected chi connectivity index (χ4v) is 1.84. The molecule has 0 radical (unpaired) electrons. The highest BCUT2D eigenvalue weighted by Crippen LogP contribution is 2.35. The van der Waals surface area contributed by atoms with E-state index in [0.29, 0.717) is 0 Å². The van der Waals surface area contributed by atoms with Gasteiger partial charge in [-0.3, -0.25) is 4.79 Å². The number of nitrogens with two attached hydrogens (primary N) is 1. The van der Waals surface area contributed by atoms with Crippen LogP contribution in [0.4, 0.5) is 5.69 Å². The van der Waals surface area contributed by atoms with Crippen LogP contribution in [0, 0.1) is 6.92 Å². The molecule has 1 aromatic rings. The van der Waals surface area contributed by atoms with E-state index in [9.17, 15) is 4.79 Å². The Hall–Kier alpha value is -1.35. The summed E-state index contributed by atoms with van der Waals surface area (Å²) in [5.74, 6) is -0.0238. The topological polar surface area (TPSA) is 46.3 Å². The van der Waals surface area contributed by atoms with Crippen LogP contribution in [0.15, 0.2) is 18.2 Å². The largest absolute Gasteiger partial charge is 0.316 e. The maximum atomic E-state index is 11.5. The summed E-state index contributed by atoms with van der Waals surface area (Å²) in [6.07, 6.45) is 0. The van der Waals surface area contributed by atoms with Crippen molar-refractivity contribution in [2.75, 3.05) is 11.9 Å². The number of anilines is 1. The highest BCUT2D eigenvalue weighted by atomic mass is 16.2. The van der Waals surface area contributed by atoms with E-state index in [-0.39, 0.29) is 5.91 Å². The normalized spacial score (nSPS) is 20.7. The minimum Gasteiger partial charge on any atom is -0.316 e. The number of carbonyl (C=O) groups excluding carboxylic acids is 1. The van der Waals surface area contributed by atoms with Crippen LogP contribution in [0.2, 0.25) is 0 Å². The SMILES string of the molecule is Cc1cccc2c1N(C)C(=O)C2N. The third kappa shape index (κ3) is 0.971. The molecule has 1 amide bonds. The van der Waals surface area contributed by atoms with Crippen molar-refractivity contribution < 1.29 is 4.79 Å². The van der Waals surface area contributed by atoms with Crippen LogP contribution in [0.3, 0.4) is 0 Å². The minimum absolute atomic E-state index is 0.0238. The van der Waals surface area contributed by atoms with Gasteiger partial charge in [0.15, 0.2) is 0 Å². The van der Waals surface area contributed by atoms with E-state index in [1.165, 1.54) is 0 Å². The first kappa shape index (κ1) is 8.26. The Bertz CT molecular complexity index is 373. The third-order valence-corrected chi connectivity index (χ3v) is 2.54. The number of rotatable bonds is 0. The predicted molar refractivity (Wildman–Crippen MR) is 51.5 cm³/mol. The van der Waals surface area contributed by atoms with Crippen LogP contribution in [-0.4, -0.2) is 13.0 Å². The maximum Gasteiger partial charge on any atom is 0.248 e. The molecule has 0 saturated carbocycles. The lowest BCUT2D eigenvalue weighted by Crippen LogP contribution is -2.28. The fraction of sp³-hybridized carbons (Fsp3) is 0.300. The van der Waals surface area contributed by atoms with Gasteiger partial charge in [0.05, 0.1) is 5.69 Å². The van der Waals surface area contributed by atoms with Gasteiger partial charge in [-0.2, -0.15) is 0 Å². The number of carbonyl (C=O) groups is 1. The second kappa shape index (κ2) is 2.57. The molecule has 0 fully saturated rings. The molecule has 2 rings (SSSR count). The van der Waals surface area contributed by atoms with Crippen molar-refractivity contribution in [3.63, 3.8) is 0 Å². The van der Waals surface area contributed by atoms with E-state index in [0.717, 1.165) is 16.8 Å². The number of para-hydroxylation sites is 1. The molecular formula is C10H12N2O. The van der Waals surface area contributed by atoms with Gasteiger partial charge in [0.2, 0.25) is 5.91 Å². The second-order valence-corrected chi connectivity index (χ2v) is 3.39. The molecule has 13 heavy (non-hydrogen) atoms. The monoisotopic (exact) mass is 176 g/mol. The van der Waals surface area contributed by atoms with Crippen molar-refractivity contribution in [1.29, 1.82) is 0 Å². The number of benzene rings is 1. The Morgan fingerprint density at radius 1 is 1.46 bits per heavy atom. The van der Waals surface area contributed by atoms with E-state index < -0.39 is 6.04 Å². The molecule has 1 unspecified atom stereocenters. The molecule has 0 bridgehead atoms. The Kier molecular flexibility index (Phi) is 1.63. The second-order valence-electron chi connectivity index (χ2n) is 3.39. The number of fused-ring (bicyclic) bond motifs is 1. The van der Waals surface area contributed by atoms with Gasteiger partial charge in [-0.1, -0.05) is 18.2 Å². The van der Waals surface area contributed by atoms with Crippen LogP contribution in [0.5, 0.6) is 0 Å². The summed E-state index contributed by atoms with van der Waals surface area (Å²) in [6.45, 7) is 1.99. The molecule has 3 nitrogen and oxygen atoms in total. The highest BCUT2D eigenvalue weighted by Gasteiger charge is 2.32. The predicted octanol–water partition coefficient (Wildman–Crippen LogP) is 0.971. The smallest absolute Gasteiger partial charge is 0.248 e. The van der Waals surface area contributed by atoms with Crippen molar-refractivity contribution >= 4 is 11.6 Å². The van der Waals surface area contributed by atoms with Crippen molar-refractivity contribution in [3.8, 4) is 0 Å². The first-order chi connectivity index (χ1) is 6.13. The van der Waals surface area contributed by atoms with Crippen LogP contribution in [0.1, 0.15) is 17.2 Å². The van der Waals surface area contributed by atoms with E-state index >= 15 is 0 Å². The third-order valence-electron chi connectivity index (χ3n) is 2.54. The van der Waals surface area contributed by atoms with Crippen molar-refractivity contribution in [3.05, 3.63) is 29.3 Å². The van der Waals surface area contributed by atoms with Gasteiger partial charge in [0, 0.05) is 12.6 Å². The standard InChI is InChI=1S/C10H12N2O/c1-6-4-3-5-7-8(11)10(13)12(2)9(6)7/h3-5,8H,11H2,1-2H3. The van der Waals surface area contributed by atoms with Gasteiger partial charge < -0.3 is 10.6 Å². The van der Waals surface area contributed by atoms with E-state index in [2.05, 4.69) is 0 Å². The Balaban J connectivity index is 2.66. The molecule has 1 aliphatic rings. The summed E-state index contributed by atoms with van der Waals surface area (Å²) < 4.78 is 0. The van der Waals surface area contributed by atoms with E-state index in [1.807, 2.05) is 25.1 Å². The Labute approximate surface area is 77.1 Å². The summed E-state index contributed by atoms with van der Waals surface area (Å²) in [4.78, 5) is 13.1. The number of aryl methyl sites for hydroxylation is 1. The molecule has 1 aromatic carbocycles. The zero-order valence-electron chi connectivity index (χ0n) is 7.74. The molecule has 2 N–H and O–H groups in total. The van der Waals surface area contributed by atoms with Crippen molar-refractivity contribution in [1.82, 2.24) is 0 Å². The Morgan fingerprint density at radius 2 is 2.15 bits per heavy atom. The molecule has 0 aliphatic carbocycles. The molecule has 0 saturated heterocycles. The number of nitrogens with zero attached hydrogens (tertiary/aromatic N) is 1. The molecule has 3 heteroatoms. The van der Waals surface area contributed by atoms with Crippen LogP contribution in [0.25, 0.3) is 0 Å². The van der Waals surface area contributed by atoms with Crippen molar-refractivity contribution in [2.45, 2.75) is 13.0 Å². The van der Waals surface area contributed by atoms with Gasteiger partial charge in [0.25, 0.3) is 0 Å². The van der Waals surface area contributed by atoms with Gasteiger partial charge in [0.1, 0.15) is 6.04 Å². The number of amides is 1. The summed E-state index contributed by atoms with van der Waals surface area (Å²) >= 11 is 0. The molecule has 0 spiro atoms. The average Bonchev–Trinajstić information content (AvgIpc) is 2.33. The van der Waals surface area contributed by atoms with Gasteiger partial charge in [-0.25, -0.2) is 0 Å². The zero-order chi connectivity index (χ0) is 9.59. The molecule has 1 heterocycles.